The summed E-state index contributed by atoms with van der Waals surface area (Å²) in [5.74, 6) is 1.77. The van der Waals surface area contributed by atoms with Gasteiger partial charge in [0.25, 0.3) is 0 Å². The van der Waals surface area contributed by atoms with Gasteiger partial charge >= 0.3 is 0 Å². The third kappa shape index (κ3) is 4.57. The number of hydrogen-bond acceptors (Lipinski definition) is 4. The van der Waals surface area contributed by atoms with Crippen molar-refractivity contribution in [3.63, 3.8) is 0 Å². The van der Waals surface area contributed by atoms with Gasteiger partial charge in [-0.3, -0.25) is 0 Å². The molecular weight excluding hydrogens is 202 g/mol. The second-order valence-corrected chi connectivity index (χ2v) is 3.68. The highest BCUT2D eigenvalue weighted by Gasteiger charge is 2.01. The number of hydrogen-bond donors (Lipinski definition) is 1. The standard InChI is InChI=1S/C12H21N3O/c1-4-7-13-12-9-10(3)14-11(15-12)6-8-16-5-2/h9H,4-8H2,1-3H3,(H,13,14,15). The summed E-state index contributed by atoms with van der Waals surface area (Å²) in [5.41, 5.74) is 1.00. The second-order valence-electron chi connectivity index (χ2n) is 3.68. The summed E-state index contributed by atoms with van der Waals surface area (Å²) in [6, 6.07) is 1.97. The van der Waals surface area contributed by atoms with Crippen molar-refractivity contribution in [3.05, 3.63) is 17.6 Å². The molecule has 0 spiro atoms. The molecule has 4 nitrogen and oxygen atoms in total. The van der Waals surface area contributed by atoms with Crippen molar-refractivity contribution in [2.45, 2.75) is 33.6 Å². The van der Waals surface area contributed by atoms with Crippen molar-refractivity contribution < 1.29 is 4.74 Å². The van der Waals surface area contributed by atoms with Gasteiger partial charge in [0, 0.05) is 31.3 Å². The van der Waals surface area contributed by atoms with E-state index in [9.17, 15) is 0 Å². The molecule has 90 valence electrons. The maximum absolute atomic E-state index is 5.30. The summed E-state index contributed by atoms with van der Waals surface area (Å²) in [6.45, 7) is 8.49. The van der Waals surface area contributed by atoms with Crippen LogP contribution in [-0.2, 0) is 11.2 Å². The Morgan fingerprint density at radius 1 is 1.31 bits per heavy atom. The van der Waals surface area contributed by atoms with E-state index in [2.05, 4.69) is 22.2 Å². The van der Waals surface area contributed by atoms with Gasteiger partial charge in [-0.25, -0.2) is 9.97 Å². The number of anilines is 1. The molecule has 0 bridgehead atoms. The molecule has 1 rings (SSSR count). The number of nitrogens with zero attached hydrogens (tertiary/aromatic N) is 2. The van der Waals surface area contributed by atoms with Gasteiger partial charge < -0.3 is 10.1 Å². The molecule has 1 aromatic rings. The normalized spacial score (nSPS) is 10.4. The van der Waals surface area contributed by atoms with Crippen LogP contribution >= 0.6 is 0 Å². The van der Waals surface area contributed by atoms with Crippen LogP contribution in [0.3, 0.4) is 0 Å². The third-order valence-corrected chi connectivity index (χ3v) is 2.13. The zero-order chi connectivity index (χ0) is 11.8. The zero-order valence-corrected chi connectivity index (χ0v) is 10.4. The van der Waals surface area contributed by atoms with E-state index in [4.69, 9.17) is 4.74 Å². The SMILES string of the molecule is CCCNc1cc(C)nc(CCOCC)n1. The minimum Gasteiger partial charge on any atom is -0.381 e. The summed E-state index contributed by atoms with van der Waals surface area (Å²) >= 11 is 0. The Morgan fingerprint density at radius 3 is 2.81 bits per heavy atom. The molecule has 0 saturated carbocycles. The second kappa shape index (κ2) is 7.17. The highest BCUT2D eigenvalue weighted by molar-refractivity contribution is 5.35. The van der Waals surface area contributed by atoms with Crippen molar-refractivity contribution in [2.24, 2.45) is 0 Å². The van der Waals surface area contributed by atoms with Crippen molar-refractivity contribution in [1.82, 2.24) is 9.97 Å². The average Bonchev–Trinajstić information content (AvgIpc) is 2.26. The van der Waals surface area contributed by atoms with Gasteiger partial charge in [-0.2, -0.15) is 0 Å². The van der Waals surface area contributed by atoms with Gasteiger partial charge in [0.15, 0.2) is 0 Å². The van der Waals surface area contributed by atoms with Crippen molar-refractivity contribution in [2.75, 3.05) is 25.1 Å². The molecule has 0 amide bonds. The lowest BCUT2D eigenvalue weighted by Crippen LogP contribution is -2.08. The van der Waals surface area contributed by atoms with E-state index < -0.39 is 0 Å². The van der Waals surface area contributed by atoms with Crippen LogP contribution in [0.5, 0.6) is 0 Å². The molecule has 16 heavy (non-hydrogen) atoms. The van der Waals surface area contributed by atoms with E-state index in [1.54, 1.807) is 0 Å². The molecule has 0 aromatic carbocycles. The third-order valence-electron chi connectivity index (χ3n) is 2.13. The average molecular weight is 223 g/mol. The van der Waals surface area contributed by atoms with E-state index >= 15 is 0 Å². The minimum atomic E-state index is 0.688. The molecular formula is C12H21N3O. The Morgan fingerprint density at radius 2 is 2.12 bits per heavy atom. The van der Waals surface area contributed by atoms with Crippen LogP contribution in [0.15, 0.2) is 6.07 Å². The lowest BCUT2D eigenvalue weighted by molar-refractivity contribution is 0.149. The molecule has 0 radical (unpaired) electrons. The molecule has 0 aliphatic rings. The topological polar surface area (TPSA) is 47.0 Å². The molecule has 0 saturated heterocycles. The molecule has 1 heterocycles. The molecule has 0 atom stereocenters. The van der Waals surface area contributed by atoms with E-state index in [1.807, 2.05) is 19.9 Å². The fourth-order valence-electron chi connectivity index (χ4n) is 1.39. The highest BCUT2D eigenvalue weighted by atomic mass is 16.5. The molecule has 1 N–H and O–H groups in total. The van der Waals surface area contributed by atoms with Gasteiger partial charge in [-0.15, -0.1) is 0 Å². The first kappa shape index (κ1) is 12.9. The van der Waals surface area contributed by atoms with Gasteiger partial charge in [-0.05, 0) is 20.3 Å². The molecule has 4 heteroatoms. The lowest BCUT2D eigenvalue weighted by atomic mass is 10.3. The predicted octanol–water partition coefficient (Wildman–Crippen LogP) is 2.19. The van der Waals surface area contributed by atoms with Crippen LogP contribution in [0.2, 0.25) is 0 Å². The first-order valence-electron chi connectivity index (χ1n) is 5.92. The van der Waals surface area contributed by atoms with Crippen LogP contribution < -0.4 is 5.32 Å². The number of aromatic nitrogens is 2. The highest BCUT2D eigenvalue weighted by Crippen LogP contribution is 2.06. The van der Waals surface area contributed by atoms with Gasteiger partial charge in [-0.1, -0.05) is 6.92 Å². The Kier molecular flexibility index (Phi) is 5.78. The molecule has 0 unspecified atom stereocenters. The number of aryl methyl sites for hydroxylation is 1. The molecule has 0 aliphatic heterocycles. The van der Waals surface area contributed by atoms with Gasteiger partial charge in [0.1, 0.15) is 11.6 Å². The van der Waals surface area contributed by atoms with Crippen LogP contribution in [0.4, 0.5) is 5.82 Å². The summed E-state index contributed by atoms with van der Waals surface area (Å²) < 4.78 is 5.30. The number of ether oxygens (including phenoxy) is 1. The van der Waals surface area contributed by atoms with Crippen molar-refractivity contribution in [1.29, 1.82) is 0 Å². The van der Waals surface area contributed by atoms with Crippen LogP contribution in [0.1, 0.15) is 31.8 Å². The Hall–Kier alpha value is -1.16. The van der Waals surface area contributed by atoms with Gasteiger partial charge in [0.2, 0.25) is 0 Å². The Bertz CT molecular complexity index is 315. The Balaban J connectivity index is 2.58. The van der Waals surface area contributed by atoms with Crippen LogP contribution in [-0.4, -0.2) is 29.7 Å². The van der Waals surface area contributed by atoms with Crippen molar-refractivity contribution >= 4 is 5.82 Å². The lowest BCUT2D eigenvalue weighted by Gasteiger charge is -2.07. The van der Waals surface area contributed by atoms with E-state index in [1.165, 1.54) is 0 Å². The van der Waals surface area contributed by atoms with E-state index in [-0.39, 0.29) is 0 Å². The maximum atomic E-state index is 5.30. The molecule has 1 aromatic heterocycles. The van der Waals surface area contributed by atoms with Crippen LogP contribution in [0, 0.1) is 6.92 Å². The quantitative estimate of drug-likeness (QED) is 0.720. The number of nitrogens with one attached hydrogen (secondary N) is 1. The maximum Gasteiger partial charge on any atom is 0.133 e. The van der Waals surface area contributed by atoms with E-state index in [0.29, 0.717) is 6.61 Å². The van der Waals surface area contributed by atoms with Gasteiger partial charge in [0.05, 0.1) is 6.61 Å². The predicted molar refractivity (Wildman–Crippen MR) is 65.7 cm³/mol. The fraction of sp³-hybridized carbons (Fsp3) is 0.667. The zero-order valence-electron chi connectivity index (χ0n) is 10.4. The first-order chi connectivity index (χ1) is 7.76. The summed E-state index contributed by atoms with van der Waals surface area (Å²) in [4.78, 5) is 8.82. The molecule has 0 aliphatic carbocycles. The fourth-order valence-corrected chi connectivity index (χ4v) is 1.39. The number of rotatable bonds is 7. The first-order valence-corrected chi connectivity index (χ1v) is 5.92. The minimum absolute atomic E-state index is 0.688. The van der Waals surface area contributed by atoms with Crippen molar-refractivity contribution in [3.8, 4) is 0 Å². The molecule has 0 fully saturated rings. The summed E-state index contributed by atoms with van der Waals surface area (Å²) in [7, 11) is 0. The largest absolute Gasteiger partial charge is 0.381 e. The van der Waals surface area contributed by atoms with Crippen LogP contribution in [0.25, 0.3) is 0 Å². The smallest absolute Gasteiger partial charge is 0.133 e. The van der Waals surface area contributed by atoms with E-state index in [0.717, 1.165) is 43.3 Å². The summed E-state index contributed by atoms with van der Waals surface area (Å²) in [6.07, 6.45) is 1.87. The monoisotopic (exact) mass is 223 g/mol. The Labute approximate surface area is 97.5 Å². The summed E-state index contributed by atoms with van der Waals surface area (Å²) in [5, 5.41) is 3.27.